The second kappa shape index (κ2) is 8.29. The van der Waals surface area contributed by atoms with Gasteiger partial charge in [0.2, 0.25) is 0 Å². The molecule has 1 fully saturated rings. The van der Waals surface area contributed by atoms with Gasteiger partial charge in [0.1, 0.15) is 0 Å². The zero-order valence-electron chi connectivity index (χ0n) is 13.7. The summed E-state index contributed by atoms with van der Waals surface area (Å²) in [6.07, 6.45) is 2.68. The Morgan fingerprint density at radius 3 is 2.39 bits per heavy atom. The highest BCUT2D eigenvalue weighted by Gasteiger charge is 2.15. The van der Waals surface area contributed by atoms with Gasteiger partial charge < -0.3 is 5.32 Å². The second-order valence-electron chi connectivity index (χ2n) is 6.58. The van der Waals surface area contributed by atoms with Gasteiger partial charge in [-0.1, -0.05) is 42.8 Å². The topological polar surface area (TPSA) is 15.3 Å². The fraction of sp³-hybridized carbons (Fsp3) is 0.474. The van der Waals surface area contributed by atoms with Gasteiger partial charge in [0.15, 0.2) is 0 Å². The van der Waals surface area contributed by atoms with Gasteiger partial charge in [0.25, 0.3) is 0 Å². The van der Waals surface area contributed by atoms with Crippen LogP contribution in [0.5, 0.6) is 0 Å². The normalized spacial score (nSPS) is 16.8. The van der Waals surface area contributed by atoms with Crippen molar-refractivity contribution < 1.29 is 0 Å². The van der Waals surface area contributed by atoms with E-state index < -0.39 is 0 Å². The maximum atomic E-state index is 5.95. The van der Waals surface area contributed by atoms with Crippen molar-refractivity contribution in [2.75, 3.05) is 13.1 Å². The van der Waals surface area contributed by atoms with Gasteiger partial charge >= 0.3 is 0 Å². The van der Waals surface area contributed by atoms with Crippen LogP contribution >= 0.6 is 22.9 Å². The molecule has 0 aliphatic carbocycles. The minimum atomic E-state index is 0.859. The molecule has 2 aromatic rings. The number of rotatable bonds is 6. The molecule has 1 N–H and O–H groups in total. The molecule has 2 nitrogen and oxygen atoms in total. The zero-order valence-corrected chi connectivity index (χ0v) is 15.3. The molecule has 0 atom stereocenters. The number of halogens is 1. The van der Waals surface area contributed by atoms with Crippen molar-refractivity contribution in [3.8, 4) is 0 Å². The van der Waals surface area contributed by atoms with Gasteiger partial charge in [-0.05, 0) is 55.1 Å². The molecule has 0 unspecified atom stereocenters. The third-order valence-corrected chi connectivity index (χ3v) is 5.79. The predicted molar refractivity (Wildman–Crippen MR) is 100.0 cm³/mol. The first-order valence-electron chi connectivity index (χ1n) is 8.44. The van der Waals surface area contributed by atoms with Crippen molar-refractivity contribution >= 4 is 22.9 Å². The number of thiophene rings is 1. The summed E-state index contributed by atoms with van der Waals surface area (Å²) in [6.45, 7) is 7.72. The summed E-state index contributed by atoms with van der Waals surface area (Å²) in [7, 11) is 0. The van der Waals surface area contributed by atoms with Crippen molar-refractivity contribution in [1.29, 1.82) is 0 Å². The van der Waals surface area contributed by atoms with Crippen LogP contribution in [0.25, 0.3) is 0 Å². The van der Waals surface area contributed by atoms with Crippen LogP contribution in [0.15, 0.2) is 36.4 Å². The lowest BCUT2D eigenvalue weighted by atomic mass is 9.99. The standard InChI is InChI=1S/C19H25ClN2S/c1-15-8-10-22(11-9-15)14-17-4-2-16(3-5-17)12-21-13-18-6-7-19(20)23-18/h2-7,15,21H,8-14H2,1H3. The third kappa shape index (κ3) is 5.32. The van der Waals surface area contributed by atoms with Crippen molar-refractivity contribution in [1.82, 2.24) is 10.2 Å². The predicted octanol–water partition coefficient (Wildman–Crippen LogP) is 4.92. The summed E-state index contributed by atoms with van der Waals surface area (Å²) >= 11 is 7.59. The second-order valence-corrected chi connectivity index (χ2v) is 8.38. The maximum Gasteiger partial charge on any atom is 0.0931 e. The van der Waals surface area contributed by atoms with Gasteiger partial charge in [-0.15, -0.1) is 11.3 Å². The van der Waals surface area contributed by atoms with E-state index in [2.05, 4.69) is 47.5 Å². The van der Waals surface area contributed by atoms with Crippen molar-refractivity contribution in [2.45, 2.75) is 39.4 Å². The monoisotopic (exact) mass is 348 g/mol. The highest BCUT2D eigenvalue weighted by Crippen LogP contribution is 2.21. The number of hydrogen-bond donors (Lipinski definition) is 1. The number of likely N-dealkylation sites (tertiary alicyclic amines) is 1. The van der Waals surface area contributed by atoms with Crippen molar-refractivity contribution in [3.63, 3.8) is 0 Å². The lowest BCUT2D eigenvalue weighted by molar-refractivity contribution is 0.185. The van der Waals surface area contributed by atoms with Crippen LogP contribution in [0.2, 0.25) is 4.34 Å². The molecule has 0 bridgehead atoms. The first-order chi connectivity index (χ1) is 11.2. The van der Waals surface area contributed by atoms with Crippen LogP contribution in [-0.4, -0.2) is 18.0 Å². The molecule has 4 heteroatoms. The van der Waals surface area contributed by atoms with Gasteiger partial charge in [-0.25, -0.2) is 0 Å². The molecule has 0 amide bonds. The average molecular weight is 349 g/mol. The third-order valence-electron chi connectivity index (χ3n) is 4.56. The Bertz CT molecular complexity index is 600. The summed E-state index contributed by atoms with van der Waals surface area (Å²) in [5, 5.41) is 3.48. The fourth-order valence-electron chi connectivity index (χ4n) is 3.02. The number of nitrogens with zero attached hydrogens (tertiary/aromatic N) is 1. The molecule has 1 aromatic heterocycles. The molecule has 0 saturated carbocycles. The highest BCUT2D eigenvalue weighted by atomic mass is 35.5. The SMILES string of the molecule is CC1CCN(Cc2ccc(CNCc3ccc(Cl)s3)cc2)CC1. The van der Waals surface area contributed by atoms with Crippen LogP contribution in [0.1, 0.15) is 35.8 Å². The first kappa shape index (κ1) is 17.0. The summed E-state index contributed by atoms with van der Waals surface area (Å²) in [5.41, 5.74) is 2.76. The van der Waals surface area contributed by atoms with Gasteiger partial charge in [0, 0.05) is 24.5 Å². The Morgan fingerprint density at radius 1 is 1.04 bits per heavy atom. The molecule has 124 valence electrons. The van der Waals surface area contributed by atoms with E-state index in [1.165, 1.54) is 41.9 Å². The molecular formula is C19H25ClN2S. The van der Waals surface area contributed by atoms with E-state index in [1.807, 2.05) is 6.07 Å². The lowest BCUT2D eigenvalue weighted by Gasteiger charge is -2.30. The van der Waals surface area contributed by atoms with Crippen molar-refractivity contribution in [3.05, 3.63) is 56.7 Å². The van der Waals surface area contributed by atoms with E-state index in [4.69, 9.17) is 11.6 Å². The quantitative estimate of drug-likeness (QED) is 0.796. The summed E-state index contributed by atoms with van der Waals surface area (Å²) in [4.78, 5) is 3.86. The van der Waals surface area contributed by atoms with Gasteiger partial charge in [0.05, 0.1) is 4.34 Å². The van der Waals surface area contributed by atoms with Gasteiger partial charge in [-0.2, -0.15) is 0 Å². The first-order valence-corrected chi connectivity index (χ1v) is 9.63. The van der Waals surface area contributed by atoms with E-state index in [9.17, 15) is 0 Å². The van der Waals surface area contributed by atoms with E-state index >= 15 is 0 Å². The van der Waals surface area contributed by atoms with Crippen LogP contribution in [0, 0.1) is 5.92 Å². The van der Waals surface area contributed by atoms with E-state index in [-0.39, 0.29) is 0 Å². The molecule has 1 aliphatic heterocycles. The fourth-order valence-corrected chi connectivity index (χ4v) is 4.07. The molecule has 1 saturated heterocycles. The Labute approximate surface area is 148 Å². The molecule has 23 heavy (non-hydrogen) atoms. The van der Waals surface area contributed by atoms with Gasteiger partial charge in [-0.3, -0.25) is 4.90 Å². The molecule has 0 spiro atoms. The largest absolute Gasteiger partial charge is 0.308 e. The van der Waals surface area contributed by atoms with Crippen LogP contribution in [0.3, 0.4) is 0 Å². The molecule has 0 radical (unpaired) electrons. The Hall–Kier alpha value is -0.870. The summed E-state index contributed by atoms with van der Waals surface area (Å²) < 4.78 is 0.859. The summed E-state index contributed by atoms with van der Waals surface area (Å²) in [6, 6.07) is 13.1. The minimum absolute atomic E-state index is 0.859. The molecule has 1 aliphatic rings. The maximum absolute atomic E-state index is 5.95. The molecule has 1 aromatic carbocycles. The Morgan fingerprint density at radius 2 is 1.74 bits per heavy atom. The molecule has 2 heterocycles. The van der Waals surface area contributed by atoms with Crippen LogP contribution < -0.4 is 5.32 Å². The number of benzene rings is 1. The van der Waals surface area contributed by atoms with E-state index in [0.29, 0.717) is 0 Å². The van der Waals surface area contributed by atoms with E-state index in [0.717, 1.165) is 29.9 Å². The zero-order chi connectivity index (χ0) is 16.1. The van der Waals surface area contributed by atoms with Crippen molar-refractivity contribution in [2.24, 2.45) is 5.92 Å². The Balaban J connectivity index is 1.43. The minimum Gasteiger partial charge on any atom is -0.308 e. The number of hydrogen-bond acceptors (Lipinski definition) is 3. The number of piperidine rings is 1. The lowest BCUT2D eigenvalue weighted by Crippen LogP contribution is -2.32. The van der Waals surface area contributed by atoms with E-state index in [1.54, 1.807) is 11.3 Å². The molecular weight excluding hydrogens is 324 g/mol. The van der Waals surface area contributed by atoms with Crippen LogP contribution in [0.4, 0.5) is 0 Å². The average Bonchev–Trinajstić information content (AvgIpc) is 2.97. The Kier molecular flexibility index (Phi) is 6.12. The smallest absolute Gasteiger partial charge is 0.0931 e. The molecule has 3 rings (SSSR count). The van der Waals surface area contributed by atoms with Crippen LogP contribution in [-0.2, 0) is 19.6 Å². The highest BCUT2D eigenvalue weighted by molar-refractivity contribution is 7.16. The summed E-state index contributed by atoms with van der Waals surface area (Å²) in [5.74, 6) is 0.901. The number of nitrogens with one attached hydrogen (secondary N) is 1.